The van der Waals surface area contributed by atoms with E-state index in [9.17, 15) is 19.5 Å². The van der Waals surface area contributed by atoms with Crippen molar-refractivity contribution in [2.45, 2.75) is 437 Å². The van der Waals surface area contributed by atoms with E-state index in [0.29, 0.717) is 17.4 Å². The summed E-state index contributed by atoms with van der Waals surface area (Å²) in [6.07, 6.45) is 98.6. The van der Waals surface area contributed by atoms with Gasteiger partial charge in [-0.1, -0.05) is 383 Å². The van der Waals surface area contributed by atoms with Gasteiger partial charge >= 0.3 is 17.9 Å². The van der Waals surface area contributed by atoms with Gasteiger partial charge < -0.3 is 28.5 Å². The first-order chi connectivity index (χ1) is 46.6. The predicted molar refractivity (Wildman–Crippen MR) is 410 cm³/mol. The molecule has 0 aromatic rings. The van der Waals surface area contributed by atoms with Crippen LogP contribution in [0.4, 0.5) is 0 Å². The van der Waals surface area contributed by atoms with Crippen molar-refractivity contribution in [2.75, 3.05) is 47.5 Å². The number of rotatable bonds is 79. The molecule has 558 valence electrons. The summed E-state index contributed by atoms with van der Waals surface area (Å²) in [4.78, 5) is 37.8. The number of aliphatic carboxylic acids is 1. The fraction of sp³-hybridized carbons (Fsp3) is 0.872. The second-order valence-electron chi connectivity index (χ2n) is 29.8. The number of likely N-dealkylation sites (N-methyl/N-ethyl adjacent to an activating group) is 1. The number of carboxylic acids is 1. The van der Waals surface area contributed by atoms with E-state index in [4.69, 9.17) is 18.9 Å². The lowest BCUT2D eigenvalue weighted by atomic mass is 10.0. The molecule has 0 aliphatic carbocycles. The Morgan fingerprint density at radius 2 is 0.568 bits per heavy atom. The van der Waals surface area contributed by atoms with Gasteiger partial charge in [0.1, 0.15) is 13.2 Å². The first-order valence-corrected chi connectivity index (χ1v) is 41.8. The van der Waals surface area contributed by atoms with Gasteiger partial charge in [0.15, 0.2) is 6.10 Å². The minimum atomic E-state index is -1.51. The van der Waals surface area contributed by atoms with E-state index >= 15 is 0 Å². The Morgan fingerprint density at radius 1 is 0.316 bits per heavy atom. The lowest BCUT2D eigenvalue weighted by molar-refractivity contribution is -0.870. The minimum absolute atomic E-state index is 0.176. The molecule has 0 rings (SSSR count). The summed E-state index contributed by atoms with van der Waals surface area (Å²) in [5.41, 5.74) is 0. The number of carbonyl (C=O) groups excluding carboxylic acids is 2. The van der Waals surface area contributed by atoms with Gasteiger partial charge in [0.25, 0.3) is 6.29 Å². The molecule has 0 radical (unpaired) electrons. The number of allylic oxidation sites excluding steroid dienone is 8. The third-order valence-electron chi connectivity index (χ3n) is 19.1. The Morgan fingerprint density at radius 3 is 0.832 bits per heavy atom. The summed E-state index contributed by atoms with van der Waals surface area (Å²) in [5, 5.41) is 9.78. The van der Waals surface area contributed by atoms with Gasteiger partial charge in [-0.05, 0) is 77.0 Å². The molecular weight excluding hydrogens is 1170 g/mol. The number of quaternary nitrogens is 1. The molecular formula is C86H162NO8+. The van der Waals surface area contributed by atoms with E-state index in [2.05, 4.69) is 62.5 Å². The van der Waals surface area contributed by atoms with Gasteiger partial charge in [-0.2, -0.15) is 0 Å². The van der Waals surface area contributed by atoms with Crippen molar-refractivity contribution >= 4 is 17.9 Å². The molecule has 0 aliphatic rings. The molecule has 0 amide bonds. The van der Waals surface area contributed by atoms with Gasteiger partial charge in [0.2, 0.25) is 0 Å². The molecule has 2 atom stereocenters. The zero-order valence-corrected chi connectivity index (χ0v) is 64.1. The van der Waals surface area contributed by atoms with Crippen LogP contribution in [0.25, 0.3) is 0 Å². The summed E-state index contributed by atoms with van der Waals surface area (Å²) >= 11 is 0. The van der Waals surface area contributed by atoms with Crippen molar-refractivity contribution in [3.05, 3.63) is 48.6 Å². The van der Waals surface area contributed by atoms with Crippen LogP contribution in [0.2, 0.25) is 0 Å². The molecule has 0 heterocycles. The lowest BCUT2D eigenvalue weighted by Gasteiger charge is -2.25. The number of hydrogen-bond donors (Lipinski definition) is 1. The maximum absolute atomic E-state index is 13.0. The zero-order chi connectivity index (χ0) is 69.0. The maximum atomic E-state index is 13.0. The highest BCUT2D eigenvalue weighted by Crippen LogP contribution is 2.20. The van der Waals surface area contributed by atoms with Gasteiger partial charge in [0, 0.05) is 12.8 Å². The second-order valence-corrected chi connectivity index (χ2v) is 29.8. The Bertz CT molecular complexity index is 1700. The summed E-state index contributed by atoms with van der Waals surface area (Å²) < 4.78 is 23.1. The second kappa shape index (κ2) is 77.0. The summed E-state index contributed by atoms with van der Waals surface area (Å²) in [5.74, 6) is -1.97. The van der Waals surface area contributed by atoms with Crippen LogP contribution in [0.1, 0.15) is 425 Å². The molecule has 9 nitrogen and oxygen atoms in total. The Balaban J connectivity index is 3.95. The number of ether oxygens (including phenoxy) is 4. The predicted octanol–water partition coefficient (Wildman–Crippen LogP) is 26.8. The van der Waals surface area contributed by atoms with Crippen LogP contribution < -0.4 is 0 Å². The van der Waals surface area contributed by atoms with Crippen molar-refractivity contribution in [3.63, 3.8) is 0 Å². The van der Waals surface area contributed by atoms with Crippen LogP contribution in [0, 0.1) is 0 Å². The van der Waals surface area contributed by atoms with Crippen molar-refractivity contribution in [3.8, 4) is 0 Å². The molecule has 1 N–H and O–H groups in total. The van der Waals surface area contributed by atoms with E-state index in [-0.39, 0.29) is 38.2 Å². The molecule has 0 spiro atoms. The smallest absolute Gasteiger partial charge is 0.361 e. The third-order valence-corrected chi connectivity index (χ3v) is 19.1. The van der Waals surface area contributed by atoms with Crippen LogP contribution in [-0.4, -0.2) is 87.4 Å². The summed E-state index contributed by atoms with van der Waals surface area (Å²) in [6.45, 7) is 4.93. The summed E-state index contributed by atoms with van der Waals surface area (Å²) in [7, 11) is 6.00. The van der Waals surface area contributed by atoms with Crippen molar-refractivity contribution in [1.82, 2.24) is 0 Å². The lowest BCUT2D eigenvalue weighted by Crippen LogP contribution is -2.40. The van der Waals surface area contributed by atoms with E-state index < -0.39 is 18.4 Å². The molecule has 0 saturated heterocycles. The minimum Gasteiger partial charge on any atom is -0.477 e. The third kappa shape index (κ3) is 78.5. The van der Waals surface area contributed by atoms with Crippen LogP contribution >= 0.6 is 0 Å². The number of hydrogen-bond acceptors (Lipinski definition) is 7. The van der Waals surface area contributed by atoms with E-state index in [1.165, 1.54) is 347 Å². The fourth-order valence-electron chi connectivity index (χ4n) is 12.7. The van der Waals surface area contributed by atoms with Crippen LogP contribution in [-0.2, 0) is 33.3 Å². The monoisotopic (exact) mass is 1340 g/mol. The molecule has 2 unspecified atom stereocenters. The topological polar surface area (TPSA) is 108 Å². The fourth-order valence-corrected chi connectivity index (χ4v) is 12.7. The zero-order valence-electron chi connectivity index (χ0n) is 64.1. The number of carbonyl (C=O) groups is 3. The highest BCUT2D eigenvalue weighted by Gasteiger charge is 2.25. The molecule has 0 aromatic heterocycles. The molecule has 0 bridgehead atoms. The van der Waals surface area contributed by atoms with Crippen molar-refractivity contribution in [1.29, 1.82) is 0 Å². The molecule has 9 heteroatoms. The number of carboxylic acid groups (broad SMARTS) is 1. The quantitative estimate of drug-likeness (QED) is 0.0211. The highest BCUT2D eigenvalue weighted by molar-refractivity contribution is 5.71. The van der Waals surface area contributed by atoms with E-state index in [0.717, 1.165) is 51.4 Å². The van der Waals surface area contributed by atoms with Gasteiger partial charge in [-0.15, -0.1) is 0 Å². The van der Waals surface area contributed by atoms with Crippen molar-refractivity contribution < 1.29 is 42.9 Å². The Kier molecular flexibility index (Phi) is 74.8. The van der Waals surface area contributed by atoms with Crippen molar-refractivity contribution in [2.24, 2.45) is 0 Å². The van der Waals surface area contributed by atoms with Crippen LogP contribution in [0.3, 0.4) is 0 Å². The summed E-state index contributed by atoms with van der Waals surface area (Å²) in [6, 6.07) is 0. The number of esters is 2. The molecule has 0 aliphatic heterocycles. The molecule has 0 fully saturated rings. The number of unbranched alkanes of at least 4 members (excludes halogenated alkanes) is 56. The van der Waals surface area contributed by atoms with E-state index in [1.807, 2.05) is 21.1 Å². The molecule has 0 saturated carbocycles. The standard InChI is InChI=1S/C86H161NO8/c1-6-8-10-12-14-16-18-20-22-24-26-28-30-32-34-36-38-40-42-44-46-48-50-52-54-56-58-60-62-64-66-68-70-72-74-76-83(88)93-80-82(81-94-86(85(90)91)92-79-78-87(3,4)5)95-84(89)77-75-73-71-69-67-65-63-61-59-57-55-53-51-49-47-45-43-41-39-37-35-33-31-29-27-25-23-21-19-17-15-13-11-9-7-2/h18-21,24-27,82,86H,6-17,22-23,28-81H2,1-5H3/p+1/b20-18-,21-19-,26-24-,27-25-. The maximum Gasteiger partial charge on any atom is 0.361 e. The van der Waals surface area contributed by atoms with Gasteiger partial charge in [0.05, 0.1) is 34.4 Å². The van der Waals surface area contributed by atoms with E-state index in [1.54, 1.807) is 0 Å². The first kappa shape index (κ1) is 92.2. The average Bonchev–Trinajstić information content (AvgIpc) is 2.94. The van der Waals surface area contributed by atoms with Gasteiger partial charge in [-0.3, -0.25) is 9.59 Å². The highest BCUT2D eigenvalue weighted by atomic mass is 16.7. The SMILES string of the molecule is CCCCCCC/C=C\C/C=C\CCCCCCCCCCCCCCCCCCCCCCCCCC(=O)OCC(COC(OCC[N+](C)(C)C)C(=O)O)OC(=O)CCCCCCCCCCCCCCCCCCCCCCCCC/C=C\C/C=C\CCCCCCC. The largest absolute Gasteiger partial charge is 0.477 e. The van der Waals surface area contributed by atoms with Crippen LogP contribution in [0.5, 0.6) is 0 Å². The Hall–Kier alpha value is -2.75. The van der Waals surface area contributed by atoms with Gasteiger partial charge in [-0.25, -0.2) is 4.79 Å². The molecule has 95 heavy (non-hydrogen) atoms. The van der Waals surface area contributed by atoms with Crippen LogP contribution in [0.15, 0.2) is 48.6 Å². The average molecular weight is 1340 g/mol. The number of nitrogens with zero attached hydrogens (tertiary/aromatic N) is 1. The first-order valence-electron chi connectivity index (χ1n) is 41.8. The Labute approximate surface area is 591 Å². The molecule has 0 aromatic carbocycles. The normalized spacial score (nSPS) is 12.8.